The molecular formula is C21H23N3O2S2. The summed E-state index contributed by atoms with van der Waals surface area (Å²) in [6.07, 6.45) is 4.62. The molecule has 1 aromatic carbocycles. The molecule has 0 N–H and O–H groups in total. The van der Waals surface area contributed by atoms with Crippen molar-refractivity contribution in [3.8, 4) is 0 Å². The van der Waals surface area contributed by atoms with Gasteiger partial charge in [-0.25, -0.2) is 5.01 Å². The van der Waals surface area contributed by atoms with Crippen LogP contribution in [-0.2, 0) is 4.79 Å². The van der Waals surface area contributed by atoms with Crippen LogP contribution < -0.4 is 0 Å². The highest BCUT2D eigenvalue weighted by Crippen LogP contribution is 2.33. The number of hydrogen-bond donors (Lipinski definition) is 0. The highest BCUT2D eigenvalue weighted by Gasteiger charge is 2.35. The molecule has 0 spiro atoms. The lowest BCUT2D eigenvalue weighted by atomic mass is 10.0. The summed E-state index contributed by atoms with van der Waals surface area (Å²) >= 11 is 6.92. The lowest BCUT2D eigenvalue weighted by Crippen LogP contribution is -2.30. The number of likely N-dealkylation sites (tertiary alicyclic amines) is 1. The predicted octanol–water partition coefficient (Wildman–Crippen LogP) is 4.38. The molecule has 1 fully saturated rings. The first kappa shape index (κ1) is 19.2. The molecule has 5 nitrogen and oxygen atoms in total. The van der Waals surface area contributed by atoms with Gasteiger partial charge in [-0.1, -0.05) is 53.8 Å². The lowest BCUT2D eigenvalue weighted by molar-refractivity contribution is -0.130. The largest absolute Gasteiger partial charge is 0.467 e. The first-order chi connectivity index (χ1) is 13.6. The number of hydrogen-bond acceptors (Lipinski definition) is 5. The van der Waals surface area contributed by atoms with E-state index in [2.05, 4.69) is 41.2 Å². The Morgan fingerprint density at radius 1 is 1.25 bits per heavy atom. The molecule has 2 aliphatic rings. The van der Waals surface area contributed by atoms with Crippen molar-refractivity contribution < 1.29 is 9.21 Å². The van der Waals surface area contributed by atoms with Gasteiger partial charge in [-0.05, 0) is 37.5 Å². The van der Waals surface area contributed by atoms with Crippen molar-refractivity contribution in [1.29, 1.82) is 0 Å². The minimum Gasteiger partial charge on any atom is -0.467 e. The van der Waals surface area contributed by atoms with Crippen LogP contribution in [0.2, 0.25) is 0 Å². The molecule has 0 bridgehead atoms. The maximum atomic E-state index is 13.0. The topological polar surface area (TPSA) is 49.1 Å². The van der Waals surface area contributed by atoms with E-state index < -0.39 is 0 Å². The number of carbonyl (C=O) groups excluding carboxylic acids is 1. The quantitative estimate of drug-likeness (QED) is 0.696. The van der Waals surface area contributed by atoms with E-state index in [0.29, 0.717) is 6.42 Å². The van der Waals surface area contributed by atoms with Crippen molar-refractivity contribution in [1.82, 2.24) is 9.91 Å². The Morgan fingerprint density at radius 2 is 2.00 bits per heavy atom. The number of thiocarbonyl (C=S) groups is 1. The fourth-order valence-corrected chi connectivity index (χ4v) is 4.65. The van der Waals surface area contributed by atoms with Crippen LogP contribution in [-0.4, -0.2) is 44.7 Å². The molecule has 1 unspecified atom stereocenters. The molecule has 1 aromatic heterocycles. The molecule has 4 rings (SSSR count). The minimum absolute atomic E-state index is 0.0462. The molecule has 3 heterocycles. The standard InChI is InChI=1S/C21H23N3O2S2/c1-15-6-8-16(9-7-15)17-13-18(19-5-4-12-26-19)24(22-17)20(25)14-28-21(27)23-10-2-3-11-23/h4-9,12,18H,2-3,10-11,13-14H2,1H3. The summed E-state index contributed by atoms with van der Waals surface area (Å²) in [5, 5.41) is 6.25. The third-order valence-electron chi connectivity index (χ3n) is 5.11. The molecular weight excluding hydrogens is 390 g/mol. The monoisotopic (exact) mass is 413 g/mol. The number of furan rings is 1. The SMILES string of the molecule is Cc1ccc(C2=NN(C(=O)CSC(=S)N3CCCC3)C(c3ccco3)C2)cc1. The van der Waals surface area contributed by atoms with Crippen LogP contribution >= 0.6 is 24.0 Å². The number of hydrazone groups is 1. The second-order valence-corrected chi connectivity index (χ2v) is 8.74. The molecule has 146 valence electrons. The van der Waals surface area contributed by atoms with Crippen LogP contribution in [0.3, 0.4) is 0 Å². The van der Waals surface area contributed by atoms with E-state index in [1.807, 2.05) is 12.1 Å². The molecule has 2 aromatic rings. The Morgan fingerprint density at radius 3 is 2.68 bits per heavy atom. The normalized spacial score (nSPS) is 19.2. The van der Waals surface area contributed by atoms with Gasteiger partial charge in [-0.15, -0.1) is 0 Å². The van der Waals surface area contributed by atoms with Gasteiger partial charge in [0, 0.05) is 19.5 Å². The van der Waals surface area contributed by atoms with Gasteiger partial charge in [0.25, 0.3) is 5.91 Å². The highest BCUT2D eigenvalue weighted by molar-refractivity contribution is 8.23. The second-order valence-electron chi connectivity index (χ2n) is 7.14. The molecule has 1 atom stereocenters. The van der Waals surface area contributed by atoms with Gasteiger partial charge in [0.15, 0.2) is 0 Å². The fourth-order valence-electron chi connectivity index (χ4n) is 3.54. The molecule has 2 aliphatic heterocycles. The lowest BCUT2D eigenvalue weighted by Gasteiger charge is -2.21. The van der Waals surface area contributed by atoms with Crippen molar-refractivity contribution in [2.45, 2.75) is 32.2 Å². The Labute approximate surface area is 174 Å². The van der Waals surface area contributed by atoms with Crippen molar-refractivity contribution >= 4 is 39.9 Å². The van der Waals surface area contributed by atoms with Crippen LogP contribution in [0.1, 0.15) is 42.2 Å². The van der Waals surface area contributed by atoms with E-state index in [1.54, 1.807) is 11.3 Å². The third kappa shape index (κ3) is 4.15. The zero-order valence-corrected chi connectivity index (χ0v) is 17.5. The zero-order chi connectivity index (χ0) is 19.5. The van der Waals surface area contributed by atoms with Crippen LogP contribution in [0, 0.1) is 6.92 Å². The minimum atomic E-state index is -0.209. The van der Waals surface area contributed by atoms with Gasteiger partial charge >= 0.3 is 0 Å². The summed E-state index contributed by atoms with van der Waals surface area (Å²) in [5.41, 5.74) is 3.14. The van der Waals surface area contributed by atoms with E-state index in [-0.39, 0.29) is 17.7 Å². The van der Waals surface area contributed by atoms with Gasteiger partial charge in [-0.3, -0.25) is 4.79 Å². The zero-order valence-electron chi connectivity index (χ0n) is 15.8. The fraction of sp³-hybridized carbons (Fsp3) is 0.381. The van der Waals surface area contributed by atoms with Crippen molar-refractivity contribution in [2.24, 2.45) is 5.10 Å². The van der Waals surface area contributed by atoms with Gasteiger partial charge < -0.3 is 9.32 Å². The Hall–Kier alpha value is -2.12. The van der Waals surface area contributed by atoms with E-state index in [0.717, 1.165) is 34.4 Å². The number of thioether (sulfide) groups is 1. The number of nitrogens with zero attached hydrogens (tertiary/aromatic N) is 3. The Kier molecular flexibility index (Phi) is 5.82. The number of benzene rings is 1. The van der Waals surface area contributed by atoms with E-state index >= 15 is 0 Å². The summed E-state index contributed by atoms with van der Waals surface area (Å²) < 4.78 is 6.41. The molecule has 0 aliphatic carbocycles. The smallest absolute Gasteiger partial charge is 0.253 e. The van der Waals surface area contributed by atoms with Crippen molar-refractivity contribution in [2.75, 3.05) is 18.8 Å². The van der Waals surface area contributed by atoms with Crippen molar-refractivity contribution in [3.63, 3.8) is 0 Å². The van der Waals surface area contributed by atoms with Crippen LogP contribution in [0.4, 0.5) is 0 Å². The van der Waals surface area contributed by atoms with Gasteiger partial charge in [0.05, 0.1) is 17.7 Å². The number of rotatable bonds is 4. The Balaban J connectivity index is 1.49. The predicted molar refractivity (Wildman–Crippen MR) is 116 cm³/mol. The first-order valence-corrected chi connectivity index (χ1v) is 10.9. The van der Waals surface area contributed by atoms with E-state index in [9.17, 15) is 4.79 Å². The van der Waals surface area contributed by atoms with Crippen LogP contribution in [0.15, 0.2) is 52.2 Å². The maximum Gasteiger partial charge on any atom is 0.253 e. The summed E-state index contributed by atoms with van der Waals surface area (Å²) in [4.78, 5) is 15.2. The van der Waals surface area contributed by atoms with E-state index in [4.69, 9.17) is 16.6 Å². The van der Waals surface area contributed by atoms with Gasteiger partial charge in [0.2, 0.25) is 0 Å². The number of amides is 1. The van der Waals surface area contributed by atoms with Crippen LogP contribution in [0.25, 0.3) is 0 Å². The van der Waals surface area contributed by atoms with Gasteiger partial charge in [-0.2, -0.15) is 5.10 Å². The summed E-state index contributed by atoms with van der Waals surface area (Å²) in [6, 6.07) is 11.8. The van der Waals surface area contributed by atoms with E-state index in [1.165, 1.54) is 30.2 Å². The Bertz CT molecular complexity index is 872. The van der Waals surface area contributed by atoms with Crippen LogP contribution in [0.5, 0.6) is 0 Å². The summed E-state index contributed by atoms with van der Waals surface area (Å²) in [6.45, 7) is 4.05. The average molecular weight is 414 g/mol. The number of aryl methyl sites for hydroxylation is 1. The second kappa shape index (κ2) is 8.49. The molecule has 7 heteroatoms. The maximum absolute atomic E-state index is 13.0. The summed E-state index contributed by atoms with van der Waals surface area (Å²) in [7, 11) is 0. The molecule has 1 amide bonds. The molecule has 1 saturated heterocycles. The first-order valence-electron chi connectivity index (χ1n) is 9.53. The number of carbonyl (C=O) groups is 1. The molecule has 0 saturated carbocycles. The third-order valence-corrected chi connectivity index (χ3v) is 6.61. The molecule has 0 radical (unpaired) electrons. The van der Waals surface area contributed by atoms with Crippen molar-refractivity contribution in [3.05, 3.63) is 59.5 Å². The summed E-state index contributed by atoms with van der Waals surface area (Å²) in [5.74, 6) is 0.999. The molecule has 28 heavy (non-hydrogen) atoms. The van der Waals surface area contributed by atoms with Gasteiger partial charge in [0.1, 0.15) is 16.1 Å². The average Bonchev–Trinajstić information content (AvgIpc) is 3.47. The highest BCUT2D eigenvalue weighted by atomic mass is 32.2.